The Morgan fingerprint density at radius 2 is 2.10 bits per heavy atom. The molecule has 1 aliphatic rings. The van der Waals surface area contributed by atoms with E-state index in [2.05, 4.69) is 22.0 Å². The van der Waals surface area contributed by atoms with Gasteiger partial charge >= 0.3 is 0 Å². The fourth-order valence-corrected chi connectivity index (χ4v) is 2.60. The van der Waals surface area contributed by atoms with Gasteiger partial charge in [-0.25, -0.2) is 0 Å². The summed E-state index contributed by atoms with van der Waals surface area (Å²) in [5.74, 6) is 0.617. The van der Waals surface area contributed by atoms with Crippen LogP contribution in [0.3, 0.4) is 0 Å². The van der Waals surface area contributed by atoms with Gasteiger partial charge in [0.15, 0.2) is 0 Å². The SMILES string of the molecule is CC1CCN(Cc2cnn(-c3ccccc3)n2)CC1N. The van der Waals surface area contributed by atoms with E-state index in [1.54, 1.807) is 4.80 Å². The highest BCUT2D eigenvalue weighted by Gasteiger charge is 2.23. The number of hydrogen-bond donors (Lipinski definition) is 1. The van der Waals surface area contributed by atoms with Gasteiger partial charge in [-0.15, -0.1) is 0 Å². The number of piperidine rings is 1. The van der Waals surface area contributed by atoms with Gasteiger partial charge in [-0.05, 0) is 31.0 Å². The molecule has 5 nitrogen and oxygen atoms in total. The van der Waals surface area contributed by atoms with Gasteiger partial charge in [-0.3, -0.25) is 4.90 Å². The molecular weight excluding hydrogens is 250 g/mol. The number of likely N-dealkylation sites (tertiary alicyclic amines) is 1. The third-order valence-corrected chi connectivity index (χ3v) is 4.01. The van der Waals surface area contributed by atoms with Crippen molar-refractivity contribution in [3.8, 4) is 5.69 Å². The van der Waals surface area contributed by atoms with Gasteiger partial charge in [-0.2, -0.15) is 15.0 Å². The Balaban J connectivity index is 1.66. The van der Waals surface area contributed by atoms with Crippen LogP contribution in [0.15, 0.2) is 36.5 Å². The fraction of sp³-hybridized carbons (Fsp3) is 0.467. The molecule has 2 aromatic rings. The largest absolute Gasteiger partial charge is 0.326 e. The Labute approximate surface area is 119 Å². The molecule has 106 valence electrons. The van der Waals surface area contributed by atoms with Crippen molar-refractivity contribution in [3.63, 3.8) is 0 Å². The molecule has 3 rings (SSSR count). The van der Waals surface area contributed by atoms with E-state index >= 15 is 0 Å². The average Bonchev–Trinajstić information content (AvgIpc) is 2.92. The van der Waals surface area contributed by atoms with Crippen molar-refractivity contribution in [2.75, 3.05) is 13.1 Å². The summed E-state index contributed by atoms with van der Waals surface area (Å²) in [6.07, 6.45) is 3.00. The summed E-state index contributed by atoms with van der Waals surface area (Å²) < 4.78 is 0. The lowest BCUT2D eigenvalue weighted by atomic mass is 9.94. The molecule has 20 heavy (non-hydrogen) atoms. The first-order chi connectivity index (χ1) is 9.72. The third-order valence-electron chi connectivity index (χ3n) is 4.01. The van der Waals surface area contributed by atoms with Crippen molar-refractivity contribution in [2.45, 2.75) is 25.9 Å². The summed E-state index contributed by atoms with van der Waals surface area (Å²) in [5, 5.41) is 8.88. The Kier molecular flexibility index (Phi) is 3.80. The first-order valence-corrected chi connectivity index (χ1v) is 7.17. The maximum atomic E-state index is 6.14. The molecule has 1 aromatic carbocycles. The van der Waals surface area contributed by atoms with Gasteiger partial charge in [0, 0.05) is 19.1 Å². The molecule has 2 N–H and O–H groups in total. The molecule has 0 radical (unpaired) electrons. The fourth-order valence-electron chi connectivity index (χ4n) is 2.60. The van der Waals surface area contributed by atoms with E-state index in [0.29, 0.717) is 5.92 Å². The van der Waals surface area contributed by atoms with Gasteiger partial charge in [0.2, 0.25) is 0 Å². The Morgan fingerprint density at radius 1 is 1.30 bits per heavy atom. The van der Waals surface area contributed by atoms with E-state index in [9.17, 15) is 0 Å². The van der Waals surface area contributed by atoms with Crippen molar-refractivity contribution in [1.82, 2.24) is 19.9 Å². The quantitative estimate of drug-likeness (QED) is 0.917. The monoisotopic (exact) mass is 271 g/mol. The van der Waals surface area contributed by atoms with Gasteiger partial charge in [0.25, 0.3) is 0 Å². The molecule has 0 aliphatic carbocycles. The van der Waals surface area contributed by atoms with Gasteiger partial charge in [0.05, 0.1) is 17.6 Å². The maximum absolute atomic E-state index is 6.14. The normalized spacial score (nSPS) is 23.9. The van der Waals surface area contributed by atoms with Gasteiger partial charge in [0.1, 0.15) is 0 Å². The zero-order valence-corrected chi connectivity index (χ0v) is 11.8. The number of benzene rings is 1. The van der Waals surface area contributed by atoms with Crippen LogP contribution in [0, 0.1) is 5.92 Å². The van der Waals surface area contributed by atoms with E-state index in [1.807, 2.05) is 36.5 Å². The molecule has 0 bridgehead atoms. The van der Waals surface area contributed by atoms with Crippen LogP contribution in [-0.2, 0) is 6.54 Å². The number of rotatable bonds is 3. The topological polar surface area (TPSA) is 60.0 Å². The van der Waals surface area contributed by atoms with E-state index in [1.165, 1.54) is 0 Å². The predicted octanol–water partition coefficient (Wildman–Crippen LogP) is 1.44. The van der Waals surface area contributed by atoms with Crippen LogP contribution in [0.2, 0.25) is 0 Å². The Bertz CT molecular complexity index is 550. The molecule has 2 unspecified atom stereocenters. The molecule has 0 amide bonds. The summed E-state index contributed by atoms with van der Waals surface area (Å²) >= 11 is 0. The molecule has 2 heterocycles. The molecular formula is C15H21N5. The van der Waals surface area contributed by atoms with Crippen LogP contribution in [0.25, 0.3) is 5.69 Å². The van der Waals surface area contributed by atoms with Crippen molar-refractivity contribution in [1.29, 1.82) is 0 Å². The zero-order chi connectivity index (χ0) is 13.9. The minimum absolute atomic E-state index is 0.271. The van der Waals surface area contributed by atoms with Gasteiger partial charge < -0.3 is 5.73 Å². The highest BCUT2D eigenvalue weighted by molar-refractivity contribution is 5.28. The third kappa shape index (κ3) is 2.89. The second-order valence-electron chi connectivity index (χ2n) is 5.63. The highest BCUT2D eigenvalue weighted by atomic mass is 15.5. The van der Waals surface area contributed by atoms with Crippen molar-refractivity contribution < 1.29 is 0 Å². The summed E-state index contributed by atoms with van der Waals surface area (Å²) in [7, 11) is 0. The van der Waals surface area contributed by atoms with Crippen LogP contribution in [0.1, 0.15) is 19.0 Å². The molecule has 0 spiro atoms. The van der Waals surface area contributed by atoms with E-state index < -0.39 is 0 Å². The lowest BCUT2D eigenvalue weighted by Gasteiger charge is -2.34. The smallest absolute Gasteiger partial charge is 0.0971 e. The van der Waals surface area contributed by atoms with Gasteiger partial charge in [-0.1, -0.05) is 25.1 Å². The summed E-state index contributed by atoms with van der Waals surface area (Å²) in [4.78, 5) is 4.05. The molecule has 1 aliphatic heterocycles. The van der Waals surface area contributed by atoms with Crippen LogP contribution in [0.4, 0.5) is 0 Å². The first kappa shape index (κ1) is 13.3. The molecule has 5 heteroatoms. The highest BCUT2D eigenvalue weighted by Crippen LogP contribution is 2.17. The van der Waals surface area contributed by atoms with Crippen molar-refractivity contribution >= 4 is 0 Å². The van der Waals surface area contributed by atoms with E-state index in [4.69, 9.17) is 5.73 Å². The molecule has 2 atom stereocenters. The Hall–Kier alpha value is -1.72. The Morgan fingerprint density at radius 3 is 2.85 bits per heavy atom. The predicted molar refractivity (Wildman–Crippen MR) is 78.4 cm³/mol. The van der Waals surface area contributed by atoms with E-state index in [0.717, 1.165) is 37.4 Å². The zero-order valence-electron chi connectivity index (χ0n) is 11.8. The number of aromatic nitrogens is 3. The average molecular weight is 271 g/mol. The number of nitrogens with two attached hydrogens (primary N) is 1. The standard InChI is InChI=1S/C15H21N5/c1-12-7-8-19(11-15(12)16)10-13-9-17-20(18-13)14-5-3-2-4-6-14/h2-6,9,12,15H,7-8,10-11,16H2,1H3. The summed E-state index contributed by atoms with van der Waals surface area (Å²) in [6.45, 7) is 5.09. The van der Waals surface area contributed by atoms with Crippen LogP contribution in [0.5, 0.6) is 0 Å². The lowest BCUT2D eigenvalue weighted by Crippen LogP contribution is -2.47. The minimum Gasteiger partial charge on any atom is -0.326 e. The van der Waals surface area contributed by atoms with Crippen molar-refractivity contribution in [3.05, 3.63) is 42.2 Å². The molecule has 1 saturated heterocycles. The van der Waals surface area contributed by atoms with Crippen LogP contribution >= 0.6 is 0 Å². The molecule has 1 fully saturated rings. The maximum Gasteiger partial charge on any atom is 0.0971 e. The lowest BCUT2D eigenvalue weighted by molar-refractivity contribution is 0.160. The molecule has 0 saturated carbocycles. The molecule has 1 aromatic heterocycles. The van der Waals surface area contributed by atoms with E-state index in [-0.39, 0.29) is 6.04 Å². The van der Waals surface area contributed by atoms with Crippen molar-refractivity contribution in [2.24, 2.45) is 11.7 Å². The first-order valence-electron chi connectivity index (χ1n) is 7.17. The van der Waals surface area contributed by atoms with Crippen LogP contribution in [-0.4, -0.2) is 39.0 Å². The number of para-hydroxylation sites is 1. The second-order valence-corrected chi connectivity index (χ2v) is 5.63. The number of hydrogen-bond acceptors (Lipinski definition) is 4. The van der Waals surface area contributed by atoms with Crippen LogP contribution < -0.4 is 5.73 Å². The second kappa shape index (κ2) is 5.73. The summed E-state index contributed by atoms with van der Waals surface area (Å²) in [6, 6.07) is 10.2. The minimum atomic E-state index is 0.271. The summed E-state index contributed by atoms with van der Waals surface area (Å²) in [5.41, 5.74) is 8.12. The number of nitrogens with zero attached hydrogens (tertiary/aromatic N) is 4.